The lowest BCUT2D eigenvalue weighted by Gasteiger charge is -2.07. The summed E-state index contributed by atoms with van der Waals surface area (Å²) in [7, 11) is -1.50. The molecule has 4 N–H and O–H groups in total. The number of fused-ring (bicyclic) bond motifs is 1. The Bertz CT molecular complexity index is 455. The van der Waals surface area contributed by atoms with Crippen LogP contribution in [-0.2, 0) is 6.42 Å². The Balaban J connectivity index is 2.29. The van der Waals surface area contributed by atoms with E-state index in [4.69, 9.17) is 20.2 Å². The van der Waals surface area contributed by atoms with Crippen LogP contribution < -0.4 is 5.73 Å². The molecule has 2 aromatic rings. The predicted molar refractivity (Wildman–Crippen MR) is 58.1 cm³/mol. The summed E-state index contributed by atoms with van der Waals surface area (Å²) >= 11 is 0. The summed E-state index contributed by atoms with van der Waals surface area (Å²) in [5.74, 6) is -0.689. The van der Waals surface area contributed by atoms with Gasteiger partial charge in [-0.05, 0) is 18.1 Å². The Hall–Kier alpha value is -1.30. The summed E-state index contributed by atoms with van der Waals surface area (Å²) < 4.78 is 5.31. The van der Waals surface area contributed by atoms with E-state index in [1.54, 1.807) is 6.26 Å². The maximum absolute atomic E-state index is 8.89. The summed E-state index contributed by atoms with van der Waals surface area (Å²) in [5, 5.41) is 18.7. The smallest absolute Gasteiger partial charge is 0.464 e. The van der Waals surface area contributed by atoms with Crippen LogP contribution in [0.2, 0.25) is 0 Å². The van der Waals surface area contributed by atoms with Crippen molar-refractivity contribution in [1.82, 2.24) is 0 Å². The normalized spacial score (nSPS) is 13.0. The van der Waals surface area contributed by atoms with Crippen LogP contribution >= 0.6 is 0 Å². The molecular formula is C10H12BNO3. The molecule has 78 valence electrons. The van der Waals surface area contributed by atoms with E-state index in [0.29, 0.717) is 6.42 Å². The fraction of sp³-hybridized carbons (Fsp3) is 0.200. The van der Waals surface area contributed by atoms with Crippen molar-refractivity contribution in [3.8, 4) is 0 Å². The Labute approximate surface area is 87.5 Å². The van der Waals surface area contributed by atoms with Gasteiger partial charge in [-0.3, -0.25) is 0 Å². The maximum Gasteiger partial charge on any atom is 0.469 e. The van der Waals surface area contributed by atoms with Gasteiger partial charge in [0.25, 0.3) is 0 Å². The summed E-state index contributed by atoms with van der Waals surface area (Å²) in [5.41, 5.74) is 7.24. The molecule has 2 rings (SSSR count). The fourth-order valence-corrected chi connectivity index (χ4v) is 1.55. The number of hydrogen-bond donors (Lipinski definition) is 3. The van der Waals surface area contributed by atoms with Crippen molar-refractivity contribution in [2.24, 2.45) is 5.73 Å². The van der Waals surface area contributed by atoms with Crippen molar-refractivity contribution in [1.29, 1.82) is 0 Å². The van der Waals surface area contributed by atoms with Crippen LogP contribution in [-0.4, -0.2) is 23.1 Å². The number of para-hydroxylation sites is 1. The van der Waals surface area contributed by atoms with E-state index in [2.05, 4.69) is 0 Å². The van der Waals surface area contributed by atoms with Crippen LogP contribution in [0.25, 0.3) is 11.0 Å². The molecule has 1 unspecified atom stereocenters. The highest BCUT2D eigenvalue weighted by Gasteiger charge is 2.20. The molecule has 0 saturated heterocycles. The maximum atomic E-state index is 8.89. The Morgan fingerprint density at radius 1 is 1.33 bits per heavy atom. The van der Waals surface area contributed by atoms with E-state index < -0.39 is 13.1 Å². The molecule has 15 heavy (non-hydrogen) atoms. The Morgan fingerprint density at radius 2 is 2.07 bits per heavy atom. The van der Waals surface area contributed by atoms with E-state index in [9.17, 15) is 0 Å². The second-order valence-corrected chi connectivity index (χ2v) is 3.54. The highest BCUT2D eigenvalue weighted by molar-refractivity contribution is 6.43. The number of benzene rings is 1. The van der Waals surface area contributed by atoms with Gasteiger partial charge < -0.3 is 20.2 Å². The van der Waals surface area contributed by atoms with Crippen LogP contribution in [0.1, 0.15) is 5.56 Å². The van der Waals surface area contributed by atoms with Crippen LogP contribution in [0.3, 0.4) is 0 Å². The number of nitrogens with two attached hydrogens (primary N) is 1. The fourth-order valence-electron chi connectivity index (χ4n) is 1.55. The lowest BCUT2D eigenvalue weighted by atomic mass is 9.77. The third kappa shape index (κ3) is 2.04. The van der Waals surface area contributed by atoms with Gasteiger partial charge in [-0.1, -0.05) is 18.2 Å². The van der Waals surface area contributed by atoms with Gasteiger partial charge in [0.15, 0.2) is 0 Å². The summed E-state index contributed by atoms with van der Waals surface area (Å²) in [6.07, 6.45) is 1.99. The first kappa shape index (κ1) is 10.2. The molecule has 5 heteroatoms. The van der Waals surface area contributed by atoms with Crippen molar-refractivity contribution in [2.45, 2.75) is 12.4 Å². The van der Waals surface area contributed by atoms with Crippen LogP contribution in [0.4, 0.5) is 0 Å². The molecular weight excluding hydrogens is 193 g/mol. The zero-order valence-corrected chi connectivity index (χ0v) is 8.13. The Morgan fingerprint density at radius 3 is 2.80 bits per heavy atom. The van der Waals surface area contributed by atoms with E-state index in [1.807, 2.05) is 24.3 Å². The molecule has 1 atom stereocenters. The molecule has 0 spiro atoms. The van der Waals surface area contributed by atoms with Crippen molar-refractivity contribution in [2.75, 3.05) is 0 Å². The molecule has 0 aliphatic rings. The number of rotatable bonds is 3. The van der Waals surface area contributed by atoms with Gasteiger partial charge in [0.05, 0.1) is 6.26 Å². The first-order chi connectivity index (χ1) is 7.18. The predicted octanol–water partition coefficient (Wildman–Crippen LogP) is 0.315. The molecule has 0 saturated carbocycles. The van der Waals surface area contributed by atoms with E-state index in [-0.39, 0.29) is 0 Å². The first-order valence-electron chi connectivity index (χ1n) is 4.75. The van der Waals surface area contributed by atoms with Gasteiger partial charge in [-0.25, -0.2) is 0 Å². The minimum absolute atomic E-state index is 0.384. The minimum Gasteiger partial charge on any atom is -0.464 e. The van der Waals surface area contributed by atoms with E-state index >= 15 is 0 Å². The summed E-state index contributed by atoms with van der Waals surface area (Å²) in [6, 6.07) is 7.57. The van der Waals surface area contributed by atoms with Gasteiger partial charge >= 0.3 is 7.12 Å². The molecule has 1 heterocycles. The molecule has 0 aliphatic heterocycles. The van der Waals surface area contributed by atoms with Crippen LogP contribution in [0.15, 0.2) is 34.9 Å². The van der Waals surface area contributed by atoms with Gasteiger partial charge in [0.1, 0.15) is 5.58 Å². The zero-order chi connectivity index (χ0) is 10.8. The second-order valence-electron chi connectivity index (χ2n) is 3.54. The second kappa shape index (κ2) is 4.06. The van der Waals surface area contributed by atoms with Gasteiger partial charge in [-0.2, -0.15) is 0 Å². The topological polar surface area (TPSA) is 79.6 Å². The molecule has 1 aromatic carbocycles. The quantitative estimate of drug-likeness (QED) is 0.630. The zero-order valence-electron chi connectivity index (χ0n) is 8.13. The SMILES string of the molecule is NC(Cc1coc2ccccc12)B(O)O. The average Bonchev–Trinajstić information content (AvgIpc) is 2.62. The van der Waals surface area contributed by atoms with E-state index in [1.165, 1.54) is 0 Å². The standard InChI is InChI=1S/C10H12BNO3/c12-10(11(13)14)5-7-6-15-9-4-2-1-3-8(7)9/h1-4,6,10,13-14H,5,12H2. The molecule has 1 aromatic heterocycles. The largest absolute Gasteiger partial charge is 0.469 e. The molecule has 0 fully saturated rings. The van der Waals surface area contributed by atoms with Crippen molar-refractivity contribution in [3.63, 3.8) is 0 Å². The summed E-state index contributed by atoms with van der Waals surface area (Å²) in [4.78, 5) is 0. The van der Waals surface area contributed by atoms with Gasteiger partial charge in [0.2, 0.25) is 0 Å². The molecule has 0 amide bonds. The molecule has 4 nitrogen and oxygen atoms in total. The first-order valence-corrected chi connectivity index (χ1v) is 4.75. The number of furan rings is 1. The lowest BCUT2D eigenvalue weighted by molar-refractivity contribution is 0.386. The monoisotopic (exact) mass is 205 g/mol. The van der Waals surface area contributed by atoms with Crippen LogP contribution in [0.5, 0.6) is 0 Å². The van der Waals surface area contributed by atoms with Gasteiger partial charge in [0, 0.05) is 11.3 Å². The van der Waals surface area contributed by atoms with E-state index in [0.717, 1.165) is 16.5 Å². The van der Waals surface area contributed by atoms with Crippen molar-refractivity contribution >= 4 is 18.1 Å². The molecule has 0 aliphatic carbocycles. The van der Waals surface area contributed by atoms with Crippen molar-refractivity contribution < 1.29 is 14.5 Å². The number of hydrogen-bond acceptors (Lipinski definition) is 4. The molecule has 0 bridgehead atoms. The third-order valence-corrected chi connectivity index (χ3v) is 2.40. The lowest BCUT2D eigenvalue weighted by Crippen LogP contribution is -2.40. The third-order valence-electron chi connectivity index (χ3n) is 2.40. The average molecular weight is 205 g/mol. The highest BCUT2D eigenvalue weighted by atomic mass is 16.4. The Kier molecular flexibility index (Phi) is 2.77. The van der Waals surface area contributed by atoms with Crippen molar-refractivity contribution in [3.05, 3.63) is 36.1 Å². The van der Waals surface area contributed by atoms with Crippen LogP contribution in [0, 0.1) is 0 Å². The summed E-state index contributed by atoms with van der Waals surface area (Å²) in [6.45, 7) is 0. The van der Waals surface area contributed by atoms with Gasteiger partial charge in [-0.15, -0.1) is 0 Å². The highest BCUT2D eigenvalue weighted by Crippen LogP contribution is 2.21. The molecule has 0 radical (unpaired) electrons. The minimum atomic E-state index is -1.50.